The van der Waals surface area contributed by atoms with Crippen molar-refractivity contribution in [3.63, 3.8) is 0 Å². The molecule has 0 amide bonds. The normalized spacial score (nSPS) is 13.4. The monoisotopic (exact) mass is 315 g/mol. The lowest BCUT2D eigenvalue weighted by atomic mass is 9.81. The van der Waals surface area contributed by atoms with Gasteiger partial charge in [0.15, 0.2) is 0 Å². The first-order chi connectivity index (χ1) is 8.38. The van der Waals surface area contributed by atoms with Gasteiger partial charge in [-0.05, 0) is 36.5 Å². The zero-order valence-corrected chi connectivity index (χ0v) is 13.3. The molecule has 0 N–H and O–H groups in total. The molecule has 1 nitrogen and oxygen atoms in total. The van der Waals surface area contributed by atoms with Crippen LogP contribution in [0.25, 0.3) is 0 Å². The molecule has 1 unspecified atom stereocenters. The topological polar surface area (TPSA) is 3.24 Å². The van der Waals surface area contributed by atoms with Gasteiger partial charge in [0, 0.05) is 24.1 Å². The first-order valence-corrected chi connectivity index (χ1v) is 7.57. The average molecular weight is 316 g/mol. The van der Waals surface area contributed by atoms with Gasteiger partial charge in [0.05, 0.1) is 0 Å². The minimum absolute atomic E-state index is 0.169. The molecule has 1 rings (SSSR count). The van der Waals surface area contributed by atoms with E-state index in [0.29, 0.717) is 5.92 Å². The van der Waals surface area contributed by atoms with Crippen LogP contribution in [0.3, 0.4) is 0 Å². The Hall–Kier alpha value is -0.570. The number of rotatable bonds is 5. The number of anilines is 1. The van der Waals surface area contributed by atoms with Crippen molar-refractivity contribution in [2.45, 2.75) is 27.7 Å². The third-order valence-electron chi connectivity index (χ3n) is 3.41. The van der Waals surface area contributed by atoms with E-state index in [1.165, 1.54) is 6.07 Å². The smallest absolute Gasteiger partial charge is 0.125 e. The maximum atomic E-state index is 13.3. The molecule has 0 fully saturated rings. The van der Waals surface area contributed by atoms with Crippen LogP contribution in [0.2, 0.25) is 0 Å². The molecule has 0 heterocycles. The summed E-state index contributed by atoms with van der Waals surface area (Å²) in [7, 11) is 0. The molecule has 1 atom stereocenters. The number of hydrogen-bond donors (Lipinski definition) is 0. The van der Waals surface area contributed by atoms with Crippen LogP contribution >= 0.6 is 15.9 Å². The summed E-state index contributed by atoms with van der Waals surface area (Å²) in [6, 6.07) is 6.84. The van der Waals surface area contributed by atoms with Crippen molar-refractivity contribution in [3.8, 4) is 0 Å². The van der Waals surface area contributed by atoms with Gasteiger partial charge in [0.25, 0.3) is 0 Å². The molecule has 0 saturated heterocycles. The summed E-state index contributed by atoms with van der Waals surface area (Å²) in [5.74, 6) is 0.359. The van der Waals surface area contributed by atoms with Crippen molar-refractivity contribution in [1.29, 1.82) is 0 Å². The summed E-state index contributed by atoms with van der Waals surface area (Å²) in [4.78, 5) is 2.24. The molecule has 0 aliphatic rings. The SMILES string of the molecule is CCN(CC(CBr)C(C)(C)C)c1cccc(F)c1. The lowest BCUT2D eigenvalue weighted by Gasteiger charge is -2.35. The molecular formula is C15H23BrFN. The van der Waals surface area contributed by atoms with Crippen LogP contribution in [0, 0.1) is 17.2 Å². The second-order valence-corrected chi connectivity index (χ2v) is 6.38. The number of halogens is 2. The minimum Gasteiger partial charge on any atom is -0.371 e. The van der Waals surface area contributed by atoms with Crippen LogP contribution in [0.5, 0.6) is 0 Å². The van der Waals surface area contributed by atoms with Gasteiger partial charge in [-0.1, -0.05) is 42.8 Å². The number of hydrogen-bond acceptors (Lipinski definition) is 1. The number of benzene rings is 1. The third kappa shape index (κ3) is 4.27. The van der Waals surface area contributed by atoms with E-state index in [4.69, 9.17) is 0 Å². The molecule has 18 heavy (non-hydrogen) atoms. The highest BCUT2D eigenvalue weighted by atomic mass is 79.9. The molecule has 102 valence electrons. The van der Waals surface area contributed by atoms with Gasteiger partial charge in [-0.3, -0.25) is 0 Å². The molecule has 3 heteroatoms. The highest BCUT2D eigenvalue weighted by Gasteiger charge is 2.25. The Balaban J connectivity index is 2.84. The Labute approximate surface area is 119 Å². The Morgan fingerprint density at radius 2 is 2.00 bits per heavy atom. The van der Waals surface area contributed by atoms with E-state index in [-0.39, 0.29) is 11.2 Å². The van der Waals surface area contributed by atoms with E-state index >= 15 is 0 Å². The zero-order chi connectivity index (χ0) is 13.8. The largest absolute Gasteiger partial charge is 0.371 e. The van der Waals surface area contributed by atoms with E-state index in [9.17, 15) is 4.39 Å². The molecule has 0 spiro atoms. The van der Waals surface area contributed by atoms with Crippen molar-refractivity contribution < 1.29 is 4.39 Å². The van der Waals surface area contributed by atoms with Gasteiger partial charge in [-0.25, -0.2) is 4.39 Å². The second-order valence-electron chi connectivity index (χ2n) is 5.74. The summed E-state index contributed by atoms with van der Waals surface area (Å²) in [6.07, 6.45) is 0. The number of nitrogens with zero attached hydrogens (tertiary/aromatic N) is 1. The summed E-state index contributed by atoms with van der Waals surface area (Å²) in [6.45, 7) is 10.7. The van der Waals surface area contributed by atoms with Crippen LogP contribution < -0.4 is 4.90 Å². The third-order valence-corrected chi connectivity index (χ3v) is 4.19. The Morgan fingerprint density at radius 3 is 2.44 bits per heavy atom. The highest BCUT2D eigenvalue weighted by Crippen LogP contribution is 2.29. The zero-order valence-electron chi connectivity index (χ0n) is 11.7. The van der Waals surface area contributed by atoms with Crippen LogP contribution in [0.4, 0.5) is 10.1 Å². The fourth-order valence-electron chi connectivity index (χ4n) is 1.91. The summed E-state index contributed by atoms with van der Waals surface area (Å²) in [5, 5.41) is 0.961. The Kier molecular flexibility index (Phi) is 5.64. The van der Waals surface area contributed by atoms with Crippen molar-refractivity contribution in [2.24, 2.45) is 11.3 Å². The predicted molar refractivity (Wildman–Crippen MR) is 81.0 cm³/mol. The maximum absolute atomic E-state index is 13.3. The minimum atomic E-state index is -0.169. The van der Waals surface area contributed by atoms with E-state index < -0.39 is 0 Å². The molecule has 1 aromatic carbocycles. The summed E-state index contributed by atoms with van der Waals surface area (Å²) >= 11 is 3.60. The maximum Gasteiger partial charge on any atom is 0.125 e. The quantitative estimate of drug-likeness (QED) is 0.711. The Morgan fingerprint density at radius 1 is 1.33 bits per heavy atom. The molecule has 0 bridgehead atoms. The van der Waals surface area contributed by atoms with Crippen molar-refractivity contribution >= 4 is 21.6 Å². The Bertz CT molecular complexity index is 373. The van der Waals surface area contributed by atoms with E-state index in [2.05, 4.69) is 48.5 Å². The fraction of sp³-hybridized carbons (Fsp3) is 0.600. The summed E-state index contributed by atoms with van der Waals surface area (Å²) in [5.41, 5.74) is 1.21. The molecule has 0 aliphatic carbocycles. The lowest BCUT2D eigenvalue weighted by Crippen LogP contribution is -2.36. The average Bonchev–Trinajstić information content (AvgIpc) is 2.28. The first-order valence-electron chi connectivity index (χ1n) is 6.45. The van der Waals surface area contributed by atoms with Crippen LogP contribution in [-0.4, -0.2) is 18.4 Å². The molecule has 0 saturated carbocycles. The van der Waals surface area contributed by atoms with E-state index in [0.717, 1.165) is 24.1 Å². The van der Waals surface area contributed by atoms with Crippen LogP contribution in [-0.2, 0) is 0 Å². The van der Waals surface area contributed by atoms with E-state index in [1.807, 2.05) is 6.07 Å². The summed E-state index contributed by atoms with van der Waals surface area (Å²) < 4.78 is 13.3. The van der Waals surface area contributed by atoms with E-state index in [1.54, 1.807) is 12.1 Å². The molecule has 0 radical (unpaired) electrons. The second kappa shape index (κ2) is 6.55. The molecular weight excluding hydrogens is 293 g/mol. The van der Waals surface area contributed by atoms with Gasteiger partial charge < -0.3 is 4.90 Å². The fourth-order valence-corrected chi connectivity index (χ4v) is 3.09. The lowest BCUT2D eigenvalue weighted by molar-refractivity contribution is 0.271. The van der Waals surface area contributed by atoms with Crippen LogP contribution in [0.1, 0.15) is 27.7 Å². The molecule has 1 aromatic rings. The predicted octanol–water partition coefficient (Wildman–Crippen LogP) is 4.71. The molecule has 0 aromatic heterocycles. The van der Waals surface area contributed by atoms with Crippen LogP contribution in [0.15, 0.2) is 24.3 Å². The highest BCUT2D eigenvalue weighted by molar-refractivity contribution is 9.09. The van der Waals surface area contributed by atoms with Crippen molar-refractivity contribution in [2.75, 3.05) is 23.3 Å². The van der Waals surface area contributed by atoms with Crippen molar-refractivity contribution in [3.05, 3.63) is 30.1 Å². The first kappa shape index (κ1) is 15.5. The standard InChI is InChI=1S/C15H23BrFN/c1-5-18(11-12(10-16)15(2,3)4)14-8-6-7-13(17)9-14/h6-9,12H,5,10-11H2,1-4H3. The van der Waals surface area contributed by atoms with Gasteiger partial charge in [0.1, 0.15) is 5.82 Å². The van der Waals surface area contributed by atoms with Gasteiger partial charge in [-0.15, -0.1) is 0 Å². The van der Waals surface area contributed by atoms with Gasteiger partial charge in [-0.2, -0.15) is 0 Å². The van der Waals surface area contributed by atoms with Gasteiger partial charge >= 0.3 is 0 Å². The van der Waals surface area contributed by atoms with Crippen molar-refractivity contribution in [1.82, 2.24) is 0 Å². The molecule has 0 aliphatic heterocycles. The van der Waals surface area contributed by atoms with Gasteiger partial charge in [0.2, 0.25) is 0 Å². The number of alkyl halides is 1.